The van der Waals surface area contributed by atoms with Gasteiger partial charge in [0.2, 0.25) is 0 Å². The van der Waals surface area contributed by atoms with Crippen molar-refractivity contribution in [2.75, 3.05) is 25.1 Å². The van der Waals surface area contributed by atoms with Gasteiger partial charge in [-0.2, -0.15) is 0 Å². The molecule has 2 aromatic carbocycles. The van der Waals surface area contributed by atoms with Crippen LogP contribution in [0, 0.1) is 0 Å². The monoisotopic (exact) mass is 527 g/mol. The summed E-state index contributed by atoms with van der Waals surface area (Å²) in [6.07, 6.45) is 1.89. The van der Waals surface area contributed by atoms with E-state index >= 15 is 0 Å². The topological polar surface area (TPSA) is 89.5 Å². The van der Waals surface area contributed by atoms with E-state index in [1.807, 2.05) is 35.6 Å². The zero-order valence-electron chi connectivity index (χ0n) is 20.1. The Morgan fingerprint density at radius 2 is 1.92 bits per heavy atom. The minimum Gasteiger partial charge on any atom is -0.490 e. The third-order valence-corrected chi connectivity index (χ3v) is 6.51. The molecule has 2 aliphatic heterocycles. The van der Waals surface area contributed by atoms with Crippen molar-refractivity contribution < 1.29 is 23.8 Å². The Bertz CT molecular complexity index is 1260. The molecule has 10 heteroatoms. The molecule has 0 saturated heterocycles. The van der Waals surface area contributed by atoms with Crippen LogP contribution >= 0.6 is 23.4 Å². The molecule has 0 radical (unpaired) electrons. The molecule has 1 N–H and O–H groups in total. The van der Waals surface area contributed by atoms with Crippen LogP contribution in [0.25, 0.3) is 0 Å². The molecule has 2 heterocycles. The van der Waals surface area contributed by atoms with Crippen LogP contribution in [0.4, 0.5) is 5.69 Å². The number of rotatable bonds is 9. The average molecular weight is 528 g/mol. The minimum atomic E-state index is -0.445. The van der Waals surface area contributed by atoms with Gasteiger partial charge in [-0.25, -0.2) is 9.79 Å². The summed E-state index contributed by atoms with van der Waals surface area (Å²) in [5.74, 6) is 0.0957. The first-order valence-corrected chi connectivity index (χ1v) is 12.7. The van der Waals surface area contributed by atoms with Crippen LogP contribution in [-0.2, 0) is 14.3 Å². The number of esters is 1. The van der Waals surface area contributed by atoms with Crippen LogP contribution in [0.15, 0.2) is 70.3 Å². The molecule has 0 bridgehead atoms. The molecule has 4 rings (SSSR count). The molecule has 1 atom stereocenters. The molecule has 36 heavy (non-hydrogen) atoms. The highest BCUT2D eigenvalue weighted by atomic mass is 35.5. The molecule has 0 saturated carbocycles. The molecule has 2 aromatic rings. The van der Waals surface area contributed by atoms with E-state index in [2.05, 4.69) is 10.3 Å². The van der Waals surface area contributed by atoms with Crippen LogP contribution < -0.4 is 14.8 Å². The largest absolute Gasteiger partial charge is 0.490 e. The van der Waals surface area contributed by atoms with E-state index in [0.29, 0.717) is 40.1 Å². The fourth-order valence-corrected chi connectivity index (χ4v) is 4.85. The number of aliphatic imine (C=N–C) groups is 1. The second kappa shape index (κ2) is 11.5. The summed E-state index contributed by atoms with van der Waals surface area (Å²) in [5.41, 5.74) is 2.37. The molecule has 0 unspecified atom stereocenters. The van der Waals surface area contributed by atoms with E-state index in [1.165, 1.54) is 11.8 Å². The number of hydrogen-bond acceptors (Lipinski definition) is 8. The maximum Gasteiger partial charge on any atom is 0.338 e. The van der Waals surface area contributed by atoms with Crippen molar-refractivity contribution in [3.05, 3.63) is 75.9 Å². The van der Waals surface area contributed by atoms with Gasteiger partial charge in [0, 0.05) is 6.20 Å². The normalized spacial score (nSPS) is 16.4. The van der Waals surface area contributed by atoms with E-state index in [0.717, 1.165) is 10.7 Å². The number of nitrogens with one attached hydrogen (secondary N) is 1. The first-order valence-electron chi connectivity index (χ1n) is 11.4. The molecule has 0 aromatic heterocycles. The third-order valence-electron chi connectivity index (χ3n) is 5.41. The predicted molar refractivity (Wildman–Crippen MR) is 141 cm³/mol. The number of allylic oxidation sites excluding steroid dienone is 1. The van der Waals surface area contributed by atoms with E-state index in [9.17, 15) is 9.59 Å². The Morgan fingerprint density at radius 3 is 2.67 bits per heavy atom. The number of fused-ring (bicyclic) bond motifs is 1. The standard InChI is InChI=1S/C26H26ClN3O5S/c1-4-33-21-14-17(10-11-20(21)35-15-22(31)29-19-9-7-6-8-18(19)27)24-23(25(32)34-5-2)16(3)28-26-30(24)12-13-36-26/h6-14,24H,4-5,15H2,1-3H3,(H,29,31)/t24-/m0/s1. The van der Waals surface area contributed by atoms with E-state index in [-0.39, 0.29) is 19.1 Å². The summed E-state index contributed by atoms with van der Waals surface area (Å²) in [7, 11) is 0. The minimum absolute atomic E-state index is 0.233. The van der Waals surface area contributed by atoms with Gasteiger partial charge in [-0.15, -0.1) is 0 Å². The fourth-order valence-electron chi connectivity index (χ4n) is 3.87. The highest BCUT2D eigenvalue weighted by Crippen LogP contribution is 2.43. The zero-order chi connectivity index (χ0) is 25.7. The number of ether oxygens (including phenoxy) is 3. The number of anilines is 1. The van der Waals surface area contributed by atoms with Gasteiger partial charge in [0.25, 0.3) is 5.91 Å². The maximum absolute atomic E-state index is 12.9. The Balaban J connectivity index is 1.59. The van der Waals surface area contributed by atoms with E-state index in [4.69, 9.17) is 25.8 Å². The van der Waals surface area contributed by atoms with Gasteiger partial charge in [0.05, 0.1) is 41.2 Å². The molecule has 1 amide bonds. The van der Waals surface area contributed by atoms with Crippen molar-refractivity contribution in [1.82, 2.24) is 4.90 Å². The van der Waals surface area contributed by atoms with Gasteiger partial charge < -0.3 is 24.4 Å². The van der Waals surface area contributed by atoms with Crippen LogP contribution in [0.3, 0.4) is 0 Å². The molecule has 188 valence electrons. The molecule has 2 aliphatic rings. The Labute approximate surface area is 219 Å². The average Bonchev–Trinajstić information content (AvgIpc) is 3.32. The van der Waals surface area contributed by atoms with Crippen LogP contribution in [0.1, 0.15) is 32.4 Å². The van der Waals surface area contributed by atoms with Crippen LogP contribution in [-0.4, -0.2) is 41.8 Å². The molecule has 0 spiro atoms. The van der Waals surface area contributed by atoms with Crippen molar-refractivity contribution in [3.8, 4) is 11.5 Å². The lowest BCUT2D eigenvalue weighted by atomic mass is 9.94. The smallest absolute Gasteiger partial charge is 0.338 e. The summed E-state index contributed by atoms with van der Waals surface area (Å²) in [5, 5.41) is 5.87. The lowest BCUT2D eigenvalue weighted by molar-refractivity contribution is -0.139. The number of carbonyl (C=O) groups excluding carboxylic acids is 2. The van der Waals surface area contributed by atoms with Crippen molar-refractivity contribution in [3.63, 3.8) is 0 Å². The van der Waals surface area contributed by atoms with Crippen LogP contribution in [0.5, 0.6) is 11.5 Å². The number of para-hydroxylation sites is 1. The van der Waals surface area contributed by atoms with Crippen molar-refractivity contribution in [2.24, 2.45) is 4.99 Å². The number of amidine groups is 1. The van der Waals surface area contributed by atoms with Crippen molar-refractivity contribution in [2.45, 2.75) is 26.8 Å². The van der Waals surface area contributed by atoms with Gasteiger partial charge in [0.15, 0.2) is 23.3 Å². The van der Waals surface area contributed by atoms with E-state index < -0.39 is 12.0 Å². The molecular weight excluding hydrogens is 502 g/mol. The molecular formula is C26H26ClN3O5S. The molecule has 0 fully saturated rings. The van der Waals surface area contributed by atoms with Gasteiger partial charge in [-0.3, -0.25) is 4.79 Å². The van der Waals surface area contributed by atoms with Gasteiger partial charge in [-0.1, -0.05) is 41.6 Å². The summed E-state index contributed by atoms with van der Waals surface area (Å²) >= 11 is 7.60. The van der Waals surface area contributed by atoms with Gasteiger partial charge in [-0.05, 0) is 56.0 Å². The van der Waals surface area contributed by atoms with Gasteiger partial charge >= 0.3 is 5.97 Å². The molecule has 0 aliphatic carbocycles. The first kappa shape index (κ1) is 25.7. The highest BCUT2D eigenvalue weighted by Gasteiger charge is 2.37. The van der Waals surface area contributed by atoms with Gasteiger partial charge in [0.1, 0.15) is 0 Å². The third kappa shape index (κ3) is 5.52. The SMILES string of the molecule is CCOC(=O)C1=C(C)N=C2SC=CN2[C@H]1c1ccc(OCC(=O)Nc2ccccc2Cl)c(OCC)c1. The second-order valence-corrected chi connectivity index (χ2v) is 9.06. The number of amides is 1. The quantitative estimate of drug-likeness (QED) is 0.429. The van der Waals surface area contributed by atoms with Crippen molar-refractivity contribution in [1.29, 1.82) is 0 Å². The Hall–Kier alpha value is -3.43. The lowest BCUT2D eigenvalue weighted by Gasteiger charge is -2.33. The lowest BCUT2D eigenvalue weighted by Crippen LogP contribution is -2.34. The Kier molecular flexibility index (Phi) is 8.22. The second-order valence-electron chi connectivity index (χ2n) is 7.78. The number of nitrogens with zero attached hydrogens (tertiary/aromatic N) is 2. The number of halogens is 1. The summed E-state index contributed by atoms with van der Waals surface area (Å²) in [6, 6.07) is 11.9. The van der Waals surface area contributed by atoms with Crippen molar-refractivity contribution >= 4 is 46.1 Å². The highest BCUT2D eigenvalue weighted by molar-refractivity contribution is 8.16. The summed E-state index contributed by atoms with van der Waals surface area (Å²) in [4.78, 5) is 31.9. The number of thioether (sulfide) groups is 1. The summed E-state index contributed by atoms with van der Waals surface area (Å²) < 4.78 is 17.0. The number of benzene rings is 2. The Morgan fingerprint density at radius 1 is 1.11 bits per heavy atom. The molecule has 8 nitrogen and oxygen atoms in total. The number of carbonyl (C=O) groups is 2. The summed E-state index contributed by atoms with van der Waals surface area (Å²) in [6.45, 7) is 5.86. The van der Waals surface area contributed by atoms with Crippen LogP contribution in [0.2, 0.25) is 5.02 Å². The zero-order valence-corrected chi connectivity index (χ0v) is 21.7. The fraction of sp³-hybridized carbons (Fsp3) is 0.269. The maximum atomic E-state index is 12.9. The number of hydrogen-bond donors (Lipinski definition) is 1. The predicted octanol–water partition coefficient (Wildman–Crippen LogP) is 5.52. The first-order chi connectivity index (χ1) is 17.4. The van der Waals surface area contributed by atoms with E-state index in [1.54, 1.807) is 44.2 Å².